The van der Waals surface area contributed by atoms with Crippen molar-refractivity contribution in [1.82, 2.24) is 10.6 Å². The zero-order chi connectivity index (χ0) is 16.7. The van der Waals surface area contributed by atoms with Gasteiger partial charge in [0.15, 0.2) is 0 Å². The summed E-state index contributed by atoms with van der Waals surface area (Å²) >= 11 is 0. The highest BCUT2D eigenvalue weighted by atomic mass is 16.6. The van der Waals surface area contributed by atoms with Crippen molar-refractivity contribution in [1.29, 1.82) is 0 Å². The smallest absolute Gasteiger partial charge is 0.315 e. The first-order valence-corrected chi connectivity index (χ1v) is 7.98. The van der Waals surface area contributed by atoms with Gasteiger partial charge in [-0.15, -0.1) is 0 Å². The summed E-state index contributed by atoms with van der Waals surface area (Å²) in [6.45, 7) is 0.563. The van der Waals surface area contributed by atoms with Crippen LogP contribution in [0.25, 0.3) is 0 Å². The number of nitrogens with zero attached hydrogens (tertiary/aromatic N) is 1. The maximum absolute atomic E-state index is 11.9. The van der Waals surface area contributed by atoms with Gasteiger partial charge in [-0.25, -0.2) is 4.79 Å². The average molecular weight is 321 g/mol. The fourth-order valence-electron chi connectivity index (χ4n) is 2.94. The monoisotopic (exact) mass is 321 g/mol. The molecule has 1 aromatic carbocycles. The molecule has 3 N–H and O–H groups in total. The minimum absolute atomic E-state index is 0.0353. The van der Waals surface area contributed by atoms with Crippen LogP contribution in [0.1, 0.15) is 31.2 Å². The van der Waals surface area contributed by atoms with Gasteiger partial charge in [0.25, 0.3) is 5.69 Å². The lowest BCUT2D eigenvalue weighted by molar-refractivity contribution is -0.384. The minimum Gasteiger partial charge on any atom is -0.396 e. The van der Waals surface area contributed by atoms with Crippen LogP contribution in [0.3, 0.4) is 0 Å². The van der Waals surface area contributed by atoms with E-state index in [0.717, 1.165) is 31.2 Å². The molecule has 2 amide bonds. The number of nitro groups is 1. The highest BCUT2D eigenvalue weighted by Crippen LogP contribution is 2.23. The van der Waals surface area contributed by atoms with Crippen molar-refractivity contribution < 1.29 is 14.8 Å². The molecule has 0 unspecified atom stereocenters. The average Bonchev–Trinajstić information content (AvgIpc) is 2.56. The molecule has 0 bridgehead atoms. The van der Waals surface area contributed by atoms with Crippen LogP contribution in [0.15, 0.2) is 24.3 Å². The first-order valence-electron chi connectivity index (χ1n) is 7.98. The number of nitrogens with one attached hydrogen (secondary N) is 2. The molecule has 1 fully saturated rings. The summed E-state index contributed by atoms with van der Waals surface area (Å²) in [5.74, 6) is 0.143. The summed E-state index contributed by atoms with van der Waals surface area (Å²) in [6.07, 6.45) is 4.64. The molecular formula is C16H23N3O4. The molecule has 7 heteroatoms. The van der Waals surface area contributed by atoms with Crippen molar-refractivity contribution in [3.63, 3.8) is 0 Å². The number of non-ortho nitro benzene ring substituents is 1. The zero-order valence-electron chi connectivity index (χ0n) is 13.0. The summed E-state index contributed by atoms with van der Waals surface area (Å²) in [5.41, 5.74) is 0.994. The number of urea groups is 1. The van der Waals surface area contributed by atoms with Crippen molar-refractivity contribution in [2.75, 3.05) is 13.2 Å². The van der Waals surface area contributed by atoms with Gasteiger partial charge in [-0.1, -0.05) is 25.0 Å². The lowest BCUT2D eigenvalue weighted by Gasteiger charge is -2.30. The summed E-state index contributed by atoms with van der Waals surface area (Å²) in [7, 11) is 0. The fraction of sp³-hybridized carbons (Fsp3) is 0.562. The predicted molar refractivity (Wildman–Crippen MR) is 86.2 cm³/mol. The third kappa shape index (κ3) is 5.21. The molecule has 0 radical (unpaired) electrons. The normalized spacial score (nSPS) is 20.7. The number of carbonyl (C=O) groups excluding carboxylic acids is 1. The number of rotatable bonds is 6. The molecular weight excluding hydrogens is 298 g/mol. The lowest BCUT2D eigenvalue weighted by Crippen LogP contribution is -2.48. The Labute approximate surface area is 135 Å². The van der Waals surface area contributed by atoms with E-state index in [2.05, 4.69) is 10.6 Å². The van der Waals surface area contributed by atoms with Crippen LogP contribution in [0, 0.1) is 16.0 Å². The van der Waals surface area contributed by atoms with E-state index in [9.17, 15) is 20.0 Å². The lowest BCUT2D eigenvalue weighted by atomic mass is 9.85. The van der Waals surface area contributed by atoms with E-state index in [4.69, 9.17) is 0 Å². The van der Waals surface area contributed by atoms with Crippen LogP contribution in [-0.2, 0) is 6.42 Å². The van der Waals surface area contributed by atoms with Gasteiger partial charge < -0.3 is 15.7 Å². The van der Waals surface area contributed by atoms with E-state index in [1.54, 1.807) is 12.1 Å². The molecule has 1 saturated carbocycles. The molecule has 126 valence electrons. The zero-order valence-corrected chi connectivity index (χ0v) is 13.0. The fourth-order valence-corrected chi connectivity index (χ4v) is 2.94. The van der Waals surface area contributed by atoms with Crippen LogP contribution in [0.2, 0.25) is 0 Å². The van der Waals surface area contributed by atoms with E-state index in [1.807, 2.05) is 0 Å². The maximum Gasteiger partial charge on any atom is 0.315 e. The Morgan fingerprint density at radius 1 is 1.26 bits per heavy atom. The number of nitro benzene ring substituents is 1. The van der Waals surface area contributed by atoms with Crippen LogP contribution < -0.4 is 10.6 Å². The Kier molecular flexibility index (Phi) is 6.34. The van der Waals surface area contributed by atoms with E-state index < -0.39 is 4.92 Å². The molecule has 2 rings (SSSR count). The van der Waals surface area contributed by atoms with E-state index in [-0.39, 0.29) is 30.3 Å². The topological polar surface area (TPSA) is 104 Å². The predicted octanol–water partition coefficient (Wildman–Crippen LogP) is 1.99. The Balaban J connectivity index is 1.72. The number of hydrogen-bond acceptors (Lipinski definition) is 4. The molecule has 0 saturated heterocycles. The highest BCUT2D eigenvalue weighted by Gasteiger charge is 2.25. The van der Waals surface area contributed by atoms with Gasteiger partial charge in [0.2, 0.25) is 0 Å². The van der Waals surface area contributed by atoms with Crippen LogP contribution in [-0.4, -0.2) is 35.3 Å². The van der Waals surface area contributed by atoms with Crippen molar-refractivity contribution in [2.45, 2.75) is 38.1 Å². The maximum atomic E-state index is 11.9. The molecule has 0 spiro atoms. The molecule has 2 atom stereocenters. The number of carbonyl (C=O) groups is 1. The molecule has 7 nitrogen and oxygen atoms in total. The molecule has 23 heavy (non-hydrogen) atoms. The number of hydrogen-bond donors (Lipinski definition) is 3. The van der Waals surface area contributed by atoms with Crippen LogP contribution in [0.4, 0.5) is 10.5 Å². The Morgan fingerprint density at radius 3 is 2.61 bits per heavy atom. The van der Waals surface area contributed by atoms with Gasteiger partial charge in [-0.2, -0.15) is 0 Å². The standard InChI is InChI=1S/C16H23N3O4/c20-11-13-3-1-2-4-15(13)18-16(21)17-10-9-12-5-7-14(8-6-12)19(22)23/h5-8,13,15,20H,1-4,9-11H2,(H2,17,18,21)/t13-,15-/m0/s1. The van der Waals surface area contributed by atoms with E-state index in [1.165, 1.54) is 12.1 Å². The summed E-state index contributed by atoms with van der Waals surface area (Å²) in [4.78, 5) is 22.1. The van der Waals surface area contributed by atoms with Crippen molar-refractivity contribution in [3.05, 3.63) is 39.9 Å². The first kappa shape index (κ1) is 17.2. The van der Waals surface area contributed by atoms with Gasteiger partial charge in [0, 0.05) is 37.2 Å². The number of benzene rings is 1. The molecule has 1 aliphatic carbocycles. The first-order chi connectivity index (χ1) is 11.1. The largest absolute Gasteiger partial charge is 0.396 e. The molecule has 0 aromatic heterocycles. The van der Waals surface area contributed by atoms with Gasteiger partial charge >= 0.3 is 6.03 Å². The second-order valence-corrected chi connectivity index (χ2v) is 5.91. The van der Waals surface area contributed by atoms with Crippen molar-refractivity contribution >= 4 is 11.7 Å². The third-order valence-electron chi connectivity index (χ3n) is 4.31. The van der Waals surface area contributed by atoms with Crippen LogP contribution >= 0.6 is 0 Å². The van der Waals surface area contributed by atoms with E-state index >= 15 is 0 Å². The van der Waals surface area contributed by atoms with Gasteiger partial charge in [0.1, 0.15) is 0 Å². The Bertz CT molecular complexity index is 533. The van der Waals surface area contributed by atoms with Gasteiger partial charge in [-0.05, 0) is 24.8 Å². The summed E-state index contributed by atoms with van der Waals surface area (Å²) < 4.78 is 0. The quantitative estimate of drug-likeness (QED) is 0.550. The number of aliphatic hydroxyl groups is 1. The SMILES string of the molecule is O=C(NCCc1ccc([N+](=O)[O-])cc1)N[C@H]1CCCC[C@H]1CO. The molecule has 1 aromatic rings. The van der Waals surface area contributed by atoms with Gasteiger partial charge in [-0.3, -0.25) is 10.1 Å². The highest BCUT2D eigenvalue weighted by molar-refractivity contribution is 5.74. The van der Waals surface area contributed by atoms with Crippen molar-refractivity contribution in [3.8, 4) is 0 Å². The number of aliphatic hydroxyl groups excluding tert-OH is 1. The Hall–Kier alpha value is -2.15. The molecule has 1 aliphatic rings. The van der Waals surface area contributed by atoms with Gasteiger partial charge in [0.05, 0.1) is 4.92 Å². The Morgan fingerprint density at radius 2 is 1.96 bits per heavy atom. The van der Waals surface area contributed by atoms with E-state index in [0.29, 0.717) is 13.0 Å². The minimum atomic E-state index is -0.433. The number of amides is 2. The van der Waals surface area contributed by atoms with Crippen LogP contribution in [0.5, 0.6) is 0 Å². The third-order valence-corrected chi connectivity index (χ3v) is 4.31. The molecule has 0 aliphatic heterocycles. The molecule has 0 heterocycles. The van der Waals surface area contributed by atoms with Crippen molar-refractivity contribution in [2.24, 2.45) is 5.92 Å². The summed E-state index contributed by atoms with van der Waals surface area (Å²) in [6, 6.07) is 6.12. The summed E-state index contributed by atoms with van der Waals surface area (Å²) in [5, 5.41) is 25.6. The second-order valence-electron chi connectivity index (χ2n) is 5.91. The second kappa shape index (κ2) is 8.47.